The molecule has 0 aliphatic heterocycles. The summed E-state index contributed by atoms with van der Waals surface area (Å²) < 4.78 is 1.80. The number of tetrazole rings is 1. The fraction of sp³-hybridized carbons (Fsp3) is 0.889. The fourth-order valence-corrected chi connectivity index (χ4v) is 1.54. The maximum Gasteiger partial charge on any atom is 0.154 e. The second kappa shape index (κ2) is 5.70. The molecule has 0 aliphatic rings. The Morgan fingerprint density at radius 1 is 1.36 bits per heavy atom. The van der Waals surface area contributed by atoms with Crippen molar-refractivity contribution in [3.05, 3.63) is 5.82 Å². The molecular formula is C9H18N4O. The van der Waals surface area contributed by atoms with Crippen molar-refractivity contribution in [2.45, 2.75) is 45.6 Å². The molecule has 14 heavy (non-hydrogen) atoms. The fourth-order valence-electron chi connectivity index (χ4n) is 1.54. The lowest BCUT2D eigenvalue weighted by Gasteiger charge is -2.11. The van der Waals surface area contributed by atoms with Gasteiger partial charge >= 0.3 is 0 Å². The van der Waals surface area contributed by atoms with Crippen LogP contribution >= 0.6 is 0 Å². The molecule has 5 nitrogen and oxygen atoms in total. The van der Waals surface area contributed by atoms with E-state index in [1.54, 1.807) is 4.68 Å². The minimum Gasteiger partial charge on any atom is -0.396 e. The third kappa shape index (κ3) is 2.51. The van der Waals surface area contributed by atoms with Gasteiger partial charge in [0.1, 0.15) is 0 Å². The second-order valence-electron chi connectivity index (χ2n) is 3.35. The van der Waals surface area contributed by atoms with E-state index in [1.165, 1.54) is 0 Å². The molecule has 80 valence electrons. The Bertz CT molecular complexity index is 257. The van der Waals surface area contributed by atoms with Gasteiger partial charge in [-0.2, -0.15) is 0 Å². The van der Waals surface area contributed by atoms with Crippen molar-refractivity contribution >= 4 is 0 Å². The summed E-state index contributed by atoms with van der Waals surface area (Å²) >= 11 is 0. The van der Waals surface area contributed by atoms with Crippen molar-refractivity contribution in [2.75, 3.05) is 6.61 Å². The zero-order chi connectivity index (χ0) is 10.4. The SMILES string of the molecule is CCC(CC)c1nnnn1CCCO. The van der Waals surface area contributed by atoms with Crippen LogP contribution in [0.2, 0.25) is 0 Å². The molecule has 0 atom stereocenters. The molecule has 1 heterocycles. The number of aliphatic hydroxyl groups is 1. The maximum absolute atomic E-state index is 8.73. The summed E-state index contributed by atoms with van der Waals surface area (Å²) in [7, 11) is 0. The van der Waals surface area contributed by atoms with Gasteiger partial charge in [-0.25, -0.2) is 4.68 Å². The van der Waals surface area contributed by atoms with Gasteiger partial charge < -0.3 is 5.11 Å². The largest absolute Gasteiger partial charge is 0.396 e. The predicted molar refractivity (Wildman–Crippen MR) is 52.8 cm³/mol. The van der Waals surface area contributed by atoms with E-state index >= 15 is 0 Å². The van der Waals surface area contributed by atoms with Gasteiger partial charge in [0.15, 0.2) is 5.82 Å². The summed E-state index contributed by atoms with van der Waals surface area (Å²) in [4.78, 5) is 0. The lowest BCUT2D eigenvalue weighted by molar-refractivity contribution is 0.274. The van der Waals surface area contributed by atoms with Crippen molar-refractivity contribution in [3.8, 4) is 0 Å². The van der Waals surface area contributed by atoms with Crippen molar-refractivity contribution in [3.63, 3.8) is 0 Å². The molecule has 0 unspecified atom stereocenters. The van der Waals surface area contributed by atoms with E-state index in [0.717, 1.165) is 18.7 Å². The Balaban J connectivity index is 2.69. The summed E-state index contributed by atoms with van der Waals surface area (Å²) in [5.74, 6) is 1.38. The first kappa shape index (κ1) is 11.1. The normalized spacial score (nSPS) is 11.1. The third-order valence-corrected chi connectivity index (χ3v) is 2.44. The molecule has 0 fully saturated rings. The van der Waals surface area contributed by atoms with Crippen molar-refractivity contribution < 1.29 is 5.11 Å². The Hall–Kier alpha value is -0.970. The Morgan fingerprint density at radius 3 is 2.64 bits per heavy atom. The number of aryl methyl sites for hydroxylation is 1. The highest BCUT2D eigenvalue weighted by Gasteiger charge is 2.14. The van der Waals surface area contributed by atoms with Gasteiger partial charge in [-0.15, -0.1) is 5.10 Å². The van der Waals surface area contributed by atoms with Crippen LogP contribution in [-0.2, 0) is 6.54 Å². The number of hydrogen-bond acceptors (Lipinski definition) is 4. The predicted octanol–water partition coefficient (Wildman–Crippen LogP) is 0.959. The molecule has 0 amide bonds. The number of hydrogen-bond donors (Lipinski definition) is 1. The molecule has 1 N–H and O–H groups in total. The first-order valence-corrected chi connectivity index (χ1v) is 5.20. The summed E-state index contributed by atoms with van der Waals surface area (Å²) in [6.07, 6.45) is 2.81. The van der Waals surface area contributed by atoms with Crippen LogP contribution in [0.4, 0.5) is 0 Å². The summed E-state index contributed by atoms with van der Waals surface area (Å²) in [6, 6.07) is 0. The minimum atomic E-state index is 0.183. The smallest absolute Gasteiger partial charge is 0.154 e. The molecule has 5 heteroatoms. The highest BCUT2D eigenvalue weighted by molar-refractivity contribution is 4.92. The number of rotatable bonds is 6. The average Bonchev–Trinajstić information content (AvgIpc) is 2.65. The molecule has 0 aliphatic carbocycles. The highest BCUT2D eigenvalue weighted by Crippen LogP contribution is 2.19. The van der Waals surface area contributed by atoms with Crippen LogP contribution in [0.3, 0.4) is 0 Å². The summed E-state index contributed by atoms with van der Waals surface area (Å²) in [5.41, 5.74) is 0. The van der Waals surface area contributed by atoms with Crippen LogP contribution in [0.1, 0.15) is 44.9 Å². The first-order chi connectivity index (χ1) is 6.83. The molecule has 0 saturated carbocycles. The van der Waals surface area contributed by atoms with Gasteiger partial charge in [-0.05, 0) is 29.7 Å². The quantitative estimate of drug-likeness (QED) is 0.739. The Kier molecular flexibility index (Phi) is 4.52. The van der Waals surface area contributed by atoms with E-state index in [1.807, 2.05) is 0 Å². The molecule has 0 radical (unpaired) electrons. The van der Waals surface area contributed by atoms with Gasteiger partial charge in [0.25, 0.3) is 0 Å². The minimum absolute atomic E-state index is 0.183. The van der Waals surface area contributed by atoms with E-state index in [4.69, 9.17) is 5.11 Å². The standard InChI is InChI=1S/C9H18N4O/c1-3-8(4-2)9-10-11-12-13(9)6-5-7-14/h8,14H,3-7H2,1-2H3. The molecular weight excluding hydrogens is 180 g/mol. The zero-order valence-corrected chi connectivity index (χ0v) is 8.85. The van der Waals surface area contributed by atoms with E-state index in [9.17, 15) is 0 Å². The summed E-state index contributed by atoms with van der Waals surface area (Å²) in [5, 5.41) is 20.3. The van der Waals surface area contributed by atoms with Gasteiger partial charge in [0.2, 0.25) is 0 Å². The Labute approximate surface area is 84.1 Å². The van der Waals surface area contributed by atoms with Gasteiger partial charge in [0.05, 0.1) is 0 Å². The molecule has 0 aromatic carbocycles. The third-order valence-electron chi connectivity index (χ3n) is 2.44. The summed E-state index contributed by atoms with van der Waals surface area (Å²) in [6.45, 7) is 5.16. The van der Waals surface area contributed by atoms with Gasteiger partial charge in [-0.1, -0.05) is 13.8 Å². The van der Waals surface area contributed by atoms with Crippen molar-refractivity contribution in [1.82, 2.24) is 20.2 Å². The van der Waals surface area contributed by atoms with Gasteiger partial charge in [-0.3, -0.25) is 0 Å². The van der Waals surface area contributed by atoms with E-state index in [-0.39, 0.29) is 6.61 Å². The average molecular weight is 198 g/mol. The number of aromatic nitrogens is 4. The first-order valence-electron chi connectivity index (χ1n) is 5.20. The van der Waals surface area contributed by atoms with Crippen LogP contribution < -0.4 is 0 Å². The van der Waals surface area contributed by atoms with Crippen LogP contribution in [-0.4, -0.2) is 31.9 Å². The molecule has 1 rings (SSSR count). The topological polar surface area (TPSA) is 63.8 Å². The highest BCUT2D eigenvalue weighted by atomic mass is 16.3. The van der Waals surface area contributed by atoms with Crippen LogP contribution in [0.15, 0.2) is 0 Å². The molecule has 1 aromatic heterocycles. The Morgan fingerprint density at radius 2 is 2.07 bits per heavy atom. The van der Waals surface area contributed by atoms with E-state index < -0.39 is 0 Å². The number of aliphatic hydroxyl groups excluding tert-OH is 1. The number of nitrogens with zero attached hydrogens (tertiary/aromatic N) is 4. The second-order valence-corrected chi connectivity index (χ2v) is 3.35. The zero-order valence-electron chi connectivity index (χ0n) is 8.85. The van der Waals surface area contributed by atoms with E-state index in [0.29, 0.717) is 18.9 Å². The van der Waals surface area contributed by atoms with Crippen molar-refractivity contribution in [1.29, 1.82) is 0 Å². The molecule has 0 spiro atoms. The molecule has 0 saturated heterocycles. The molecule has 0 bridgehead atoms. The van der Waals surface area contributed by atoms with Crippen molar-refractivity contribution in [2.24, 2.45) is 0 Å². The van der Waals surface area contributed by atoms with Crippen LogP contribution in [0.5, 0.6) is 0 Å². The molecule has 1 aromatic rings. The van der Waals surface area contributed by atoms with Crippen LogP contribution in [0.25, 0.3) is 0 Å². The van der Waals surface area contributed by atoms with E-state index in [2.05, 4.69) is 29.4 Å². The lowest BCUT2D eigenvalue weighted by Crippen LogP contribution is -2.10. The maximum atomic E-state index is 8.73. The van der Waals surface area contributed by atoms with Gasteiger partial charge in [0, 0.05) is 19.1 Å². The van der Waals surface area contributed by atoms with Crippen LogP contribution in [0, 0.1) is 0 Å². The lowest BCUT2D eigenvalue weighted by atomic mass is 10.0. The monoisotopic (exact) mass is 198 g/mol.